The van der Waals surface area contributed by atoms with Gasteiger partial charge in [0, 0.05) is 42.8 Å². The lowest BCUT2D eigenvalue weighted by Gasteiger charge is -2.47. The van der Waals surface area contributed by atoms with Gasteiger partial charge >= 0.3 is 6.09 Å². The van der Waals surface area contributed by atoms with Crippen molar-refractivity contribution in [1.82, 2.24) is 4.90 Å². The lowest BCUT2D eigenvalue weighted by molar-refractivity contribution is -0.0266. The van der Waals surface area contributed by atoms with Crippen LogP contribution in [0.2, 0.25) is 0 Å². The zero-order valence-electron chi connectivity index (χ0n) is 15.0. The Hall–Kier alpha value is -2.04. The summed E-state index contributed by atoms with van der Waals surface area (Å²) in [4.78, 5) is 27.5. The number of likely N-dealkylation sites (tertiary alicyclic amines) is 1. The summed E-state index contributed by atoms with van der Waals surface area (Å²) in [5, 5.41) is 0. The molecule has 2 heterocycles. The number of carbonyl (C=O) groups is 2. The van der Waals surface area contributed by atoms with E-state index in [9.17, 15) is 9.59 Å². The molecule has 0 aliphatic carbocycles. The van der Waals surface area contributed by atoms with Gasteiger partial charge in [-0.1, -0.05) is 6.07 Å². The molecule has 2 aliphatic heterocycles. The number of aryl methyl sites for hydroxylation is 1. The molecule has 1 spiro atoms. The van der Waals surface area contributed by atoms with Crippen molar-refractivity contribution in [2.75, 3.05) is 31.1 Å². The van der Waals surface area contributed by atoms with Crippen molar-refractivity contribution >= 4 is 18.1 Å². The van der Waals surface area contributed by atoms with E-state index in [2.05, 4.69) is 11.0 Å². The monoisotopic (exact) mass is 330 g/mol. The van der Waals surface area contributed by atoms with Crippen LogP contribution in [0.1, 0.15) is 43.1 Å². The van der Waals surface area contributed by atoms with Crippen molar-refractivity contribution in [3.63, 3.8) is 0 Å². The Kier molecular flexibility index (Phi) is 4.06. The molecule has 0 N–H and O–H groups in total. The first-order valence-corrected chi connectivity index (χ1v) is 8.50. The molecule has 1 aromatic rings. The number of rotatable bonds is 2. The summed E-state index contributed by atoms with van der Waals surface area (Å²) >= 11 is 0. The van der Waals surface area contributed by atoms with E-state index < -0.39 is 5.60 Å². The van der Waals surface area contributed by atoms with Crippen LogP contribution in [0.25, 0.3) is 0 Å². The highest BCUT2D eigenvalue weighted by atomic mass is 16.6. The van der Waals surface area contributed by atoms with E-state index in [-0.39, 0.29) is 11.5 Å². The van der Waals surface area contributed by atoms with E-state index in [0.29, 0.717) is 0 Å². The second kappa shape index (κ2) is 5.80. The minimum Gasteiger partial charge on any atom is -0.444 e. The Bertz CT molecular complexity index is 657. The molecule has 1 amide bonds. The van der Waals surface area contributed by atoms with Gasteiger partial charge in [-0.15, -0.1) is 0 Å². The zero-order chi connectivity index (χ0) is 17.5. The van der Waals surface area contributed by atoms with Gasteiger partial charge < -0.3 is 14.5 Å². The zero-order valence-corrected chi connectivity index (χ0v) is 15.0. The van der Waals surface area contributed by atoms with Crippen molar-refractivity contribution in [3.05, 3.63) is 29.3 Å². The standard InChI is InChI=1S/C19H26N2O3/c1-14-5-6-15(10-22)16(9-14)20-8-7-19(11-20)12-21(13-19)17(23)24-18(2,3)4/h5-6,9-10H,7-8,11-13H2,1-4H3. The van der Waals surface area contributed by atoms with Gasteiger partial charge in [0.1, 0.15) is 5.60 Å². The quantitative estimate of drug-likeness (QED) is 0.781. The third kappa shape index (κ3) is 3.25. The lowest BCUT2D eigenvalue weighted by atomic mass is 9.79. The minimum atomic E-state index is -0.456. The number of benzene rings is 1. The van der Waals surface area contributed by atoms with Gasteiger partial charge in [0.15, 0.2) is 6.29 Å². The van der Waals surface area contributed by atoms with Gasteiger partial charge in [-0.2, -0.15) is 0 Å². The highest BCUT2D eigenvalue weighted by molar-refractivity contribution is 5.85. The van der Waals surface area contributed by atoms with Crippen LogP contribution in [0.5, 0.6) is 0 Å². The van der Waals surface area contributed by atoms with E-state index >= 15 is 0 Å². The molecule has 0 atom stereocenters. The number of nitrogens with zero attached hydrogens (tertiary/aromatic N) is 2. The second-order valence-corrected chi connectivity index (χ2v) is 8.19. The van der Waals surface area contributed by atoms with Gasteiger partial charge in [-0.25, -0.2) is 4.79 Å². The molecule has 2 saturated heterocycles. The van der Waals surface area contributed by atoms with Gasteiger partial charge in [0.25, 0.3) is 0 Å². The van der Waals surface area contributed by atoms with E-state index in [0.717, 1.165) is 55.7 Å². The first kappa shape index (κ1) is 16.8. The third-order valence-electron chi connectivity index (χ3n) is 4.80. The topological polar surface area (TPSA) is 49.9 Å². The Labute approximate surface area is 143 Å². The van der Waals surface area contributed by atoms with E-state index in [4.69, 9.17) is 4.74 Å². The normalized spacial score (nSPS) is 19.3. The largest absolute Gasteiger partial charge is 0.444 e. The van der Waals surface area contributed by atoms with Gasteiger partial charge in [-0.3, -0.25) is 4.79 Å². The van der Waals surface area contributed by atoms with Crippen molar-refractivity contribution in [1.29, 1.82) is 0 Å². The van der Waals surface area contributed by atoms with Gasteiger partial charge in [0.05, 0.1) is 0 Å². The molecule has 2 fully saturated rings. The maximum atomic E-state index is 12.1. The van der Waals surface area contributed by atoms with Crippen molar-refractivity contribution in [2.24, 2.45) is 5.41 Å². The summed E-state index contributed by atoms with van der Waals surface area (Å²) in [6, 6.07) is 5.93. The predicted molar refractivity (Wildman–Crippen MR) is 93.6 cm³/mol. The average Bonchev–Trinajstić information content (AvgIpc) is 2.89. The summed E-state index contributed by atoms with van der Waals surface area (Å²) in [5.41, 5.74) is 2.59. The molecular weight excluding hydrogens is 304 g/mol. The number of aldehydes is 1. The molecule has 130 valence electrons. The fourth-order valence-corrected chi connectivity index (χ4v) is 3.65. The fourth-order valence-electron chi connectivity index (χ4n) is 3.65. The van der Waals surface area contributed by atoms with Crippen LogP contribution < -0.4 is 4.90 Å². The number of carbonyl (C=O) groups excluding carboxylic acids is 2. The van der Waals surface area contributed by atoms with Crippen molar-refractivity contribution < 1.29 is 14.3 Å². The maximum Gasteiger partial charge on any atom is 0.410 e. The van der Waals surface area contributed by atoms with Crippen LogP contribution in [-0.4, -0.2) is 49.1 Å². The first-order valence-electron chi connectivity index (χ1n) is 8.50. The first-order chi connectivity index (χ1) is 11.2. The summed E-state index contributed by atoms with van der Waals surface area (Å²) in [7, 11) is 0. The summed E-state index contributed by atoms with van der Waals surface area (Å²) in [5.74, 6) is 0. The van der Waals surface area contributed by atoms with Crippen molar-refractivity contribution in [2.45, 2.75) is 39.7 Å². The predicted octanol–water partition coefficient (Wildman–Crippen LogP) is 3.25. The molecule has 3 rings (SSSR count). The average molecular weight is 330 g/mol. The molecular formula is C19H26N2O3. The molecule has 5 heteroatoms. The minimum absolute atomic E-state index is 0.140. The Morgan fingerprint density at radius 1 is 1.25 bits per heavy atom. The van der Waals surface area contributed by atoms with Crippen LogP contribution in [0, 0.1) is 12.3 Å². The van der Waals surface area contributed by atoms with Crippen LogP contribution in [-0.2, 0) is 4.74 Å². The van der Waals surface area contributed by atoms with Crippen LogP contribution in [0.4, 0.5) is 10.5 Å². The van der Waals surface area contributed by atoms with E-state index in [1.165, 1.54) is 0 Å². The van der Waals surface area contributed by atoms with Crippen molar-refractivity contribution in [3.8, 4) is 0 Å². The highest BCUT2D eigenvalue weighted by Gasteiger charge is 2.50. The molecule has 0 aromatic heterocycles. The SMILES string of the molecule is Cc1ccc(C=O)c(N2CCC3(CN(C(=O)OC(C)(C)C)C3)C2)c1. The fraction of sp³-hybridized carbons (Fsp3) is 0.579. The smallest absolute Gasteiger partial charge is 0.410 e. The number of hydrogen-bond acceptors (Lipinski definition) is 4. The molecule has 0 radical (unpaired) electrons. The van der Waals surface area contributed by atoms with Gasteiger partial charge in [-0.05, 0) is 51.8 Å². The van der Waals surface area contributed by atoms with Crippen LogP contribution in [0.3, 0.4) is 0 Å². The number of hydrogen-bond donors (Lipinski definition) is 0. The Balaban J connectivity index is 1.64. The summed E-state index contributed by atoms with van der Waals surface area (Å²) in [6.07, 6.45) is 1.74. The third-order valence-corrected chi connectivity index (χ3v) is 4.80. The van der Waals surface area contributed by atoms with Crippen LogP contribution >= 0.6 is 0 Å². The number of amides is 1. The highest BCUT2D eigenvalue weighted by Crippen LogP contribution is 2.42. The molecule has 0 saturated carbocycles. The second-order valence-electron chi connectivity index (χ2n) is 8.19. The Morgan fingerprint density at radius 3 is 2.58 bits per heavy atom. The van der Waals surface area contributed by atoms with E-state index in [1.54, 1.807) is 4.90 Å². The molecule has 24 heavy (non-hydrogen) atoms. The number of anilines is 1. The lowest BCUT2D eigenvalue weighted by Crippen LogP contribution is -2.60. The summed E-state index contributed by atoms with van der Waals surface area (Å²) in [6.45, 7) is 11.0. The van der Waals surface area contributed by atoms with E-state index in [1.807, 2.05) is 39.8 Å². The number of ether oxygens (including phenoxy) is 1. The summed E-state index contributed by atoms with van der Waals surface area (Å²) < 4.78 is 5.44. The Morgan fingerprint density at radius 2 is 1.96 bits per heavy atom. The van der Waals surface area contributed by atoms with Gasteiger partial charge in [0.2, 0.25) is 0 Å². The van der Waals surface area contributed by atoms with Crippen LogP contribution in [0.15, 0.2) is 18.2 Å². The molecule has 2 aliphatic rings. The maximum absolute atomic E-state index is 12.1. The molecule has 1 aromatic carbocycles. The molecule has 0 bridgehead atoms. The molecule has 0 unspecified atom stereocenters. The molecule has 5 nitrogen and oxygen atoms in total.